The zero-order valence-electron chi connectivity index (χ0n) is 19.5. The van der Waals surface area contributed by atoms with Gasteiger partial charge in [-0.1, -0.05) is 56.6 Å². The summed E-state index contributed by atoms with van der Waals surface area (Å²) in [4.78, 5) is 12.4. The van der Waals surface area contributed by atoms with E-state index in [4.69, 9.17) is 23.8 Å². The van der Waals surface area contributed by atoms with E-state index in [2.05, 4.69) is 53.5 Å². The summed E-state index contributed by atoms with van der Waals surface area (Å²) in [5.74, 6) is -0.335. The predicted molar refractivity (Wildman–Crippen MR) is 144 cm³/mol. The third kappa shape index (κ3) is 5.94. The third-order valence-electron chi connectivity index (χ3n) is 5.13. The number of methoxy groups -OCH3 is 1. The molecule has 0 fully saturated rings. The summed E-state index contributed by atoms with van der Waals surface area (Å²) in [6, 6.07) is 13.0. The number of ether oxygens (including phenoxy) is 1. The Morgan fingerprint density at radius 1 is 1.15 bits per heavy atom. The zero-order chi connectivity index (χ0) is 25.0. The average molecular weight is 516 g/mol. The van der Waals surface area contributed by atoms with Gasteiger partial charge in [0.15, 0.2) is 5.11 Å². The summed E-state index contributed by atoms with van der Waals surface area (Å²) in [5, 5.41) is 20.4. The van der Waals surface area contributed by atoms with Gasteiger partial charge in [0, 0.05) is 11.1 Å². The minimum Gasteiger partial charge on any atom is -0.506 e. The van der Waals surface area contributed by atoms with Crippen LogP contribution in [-0.2, 0) is 10.2 Å². The Morgan fingerprint density at radius 2 is 1.82 bits per heavy atom. The Kier molecular flexibility index (Phi) is 7.97. The number of thiocarbonyl (C=S) groups is 1. The molecule has 3 N–H and O–H groups in total. The molecule has 34 heavy (non-hydrogen) atoms. The van der Waals surface area contributed by atoms with Crippen LogP contribution in [0.5, 0.6) is 5.75 Å². The summed E-state index contributed by atoms with van der Waals surface area (Å²) in [5.41, 5.74) is 7.07. The van der Waals surface area contributed by atoms with E-state index in [9.17, 15) is 9.90 Å². The topological polar surface area (TPSA) is 83.0 Å². The van der Waals surface area contributed by atoms with Crippen molar-refractivity contribution < 1.29 is 14.6 Å². The normalized spacial score (nSPS) is 11.8. The number of anilines is 1. The van der Waals surface area contributed by atoms with Crippen molar-refractivity contribution in [3.8, 4) is 16.2 Å². The van der Waals surface area contributed by atoms with E-state index in [0.29, 0.717) is 17.0 Å². The van der Waals surface area contributed by atoms with Crippen molar-refractivity contribution in [1.29, 1.82) is 0 Å². The number of rotatable bonds is 5. The summed E-state index contributed by atoms with van der Waals surface area (Å²) in [7, 11) is 1.29. The number of hydrogen-bond acceptors (Lipinski definition) is 6. The molecule has 0 atom stereocenters. The molecular weight excluding hydrogens is 490 g/mol. The molecular formula is C25H26ClN3O3S2. The number of nitrogens with zero attached hydrogens (tertiary/aromatic N) is 1. The van der Waals surface area contributed by atoms with Crippen molar-refractivity contribution in [3.63, 3.8) is 0 Å². The minimum absolute atomic E-state index is 0.0667. The number of nitrogens with one attached hydrogen (secondary N) is 2. The van der Waals surface area contributed by atoms with Gasteiger partial charge in [0.25, 0.3) is 0 Å². The fourth-order valence-electron chi connectivity index (χ4n) is 3.16. The van der Waals surface area contributed by atoms with E-state index in [-0.39, 0.29) is 26.9 Å². The number of esters is 1. The molecule has 1 heterocycles. The number of hydrazone groups is 1. The molecule has 0 saturated heterocycles. The first kappa shape index (κ1) is 25.7. The van der Waals surface area contributed by atoms with Crippen molar-refractivity contribution in [2.24, 2.45) is 5.10 Å². The molecule has 0 saturated carbocycles. The molecule has 3 aromatic rings. The second-order valence-electron chi connectivity index (χ2n) is 8.60. The standard InChI is InChI=1S/C25H26ClN3O3S2/c1-14(28-29-24(33)27-17-10-11-18(20(26)12-17)23(31)32-5)19-13-34-22(21(19)30)15-6-8-16(9-7-15)25(2,3)4/h6-13,30H,1-5H3,(H2,27,29,33)/b28-14-. The lowest BCUT2D eigenvalue weighted by Crippen LogP contribution is -2.25. The van der Waals surface area contributed by atoms with Gasteiger partial charge in [-0.05, 0) is 53.9 Å². The molecule has 1 aromatic heterocycles. The predicted octanol–water partition coefficient (Wildman–Crippen LogP) is 6.57. The maximum absolute atomic E-state index is 11.7. The summed E-state index contributed by atoms with van der Waals surface area (Å²) in [6.45, 7) is 8.29. The maximum Gasteiger partial charge on any atom is 0.339 e. The Balaban J connectivity index is 1.69. The molecule has 0 amide bonds. The monoisotopic (exact) mass is 515 g/mol. The number of aromatic hydroxyl groups is 1. The molecule has 0 spiro atoms. The molecule has 178 valence electrons. The molecule has 0 radical (unpaired) electrons. The van der Waals surface area contributed by atoms with Gasteiger partial charge < -0.3 is 15.2 Å². The van der Waals surface area contributed by atoms with E-state index < -0.39 is 5.97 Å². The number of halogens is 1. The van der Waals surface area contributed by atoms with Gasteiger partial charge in [-0.25, -0.2) is 4.79 Å². The molecule has 3 rings (SSSR count). The van der Waals surface area contributed by atoms with Crippen LogP contribution < -0.4 is 10.7 Å². The molecule has 6 nitrogen and oxygen atoms in total. The van der Waals surface area contributed by atoms with Gasteiger partial charge in [-0.3, -0.25) is 5.43 Å². The summed E-state index contributed by atoms with van der Waals surface area (Å²) < 4.78 is 4.68. The van der Waals surface area contributed by atoms with Crippen LogP contribution >= 0.6 is 35.2 Å². The quantitative estimate of drug-likeness (QED) is 0.154. The summed E-state index contributed by atoms with van der Waals surface area (Å²) >= 11 is 12.9. The molecule has 2 aromatic carbocycles. The highest BCUT2D eigenvalue weighted by molar-refractivity contribution is 7.80. The van der Waals surface area contributed by atoms with Gasteiger partial charge in [0.1, 0.15) is 5.75 Å². The molecule has 0 aliphatic heterocycles. The van der Waals surface area contributed by atoms with Crippen molar-refractivity contribution in [3.05, 3.63) is 69.6 Å². The first-order valence-electron chi connectivity index (χ1n) is 10.4. The number of hydrogen-bond donors (Lipinski definition) is 3. The van der Waals surface area contributed by atoms with E-state index in [0.717, 1.165) is 10.4 Å². The average Bonchev–Trinajstić information content (AvgIpc) is 3.18. The fraction of sp³-hybridized carbons (Fsp3) is 0.240. The first-order chi connectivity index (χ1) is 16.0. The number of carbonyl (C=O) groups excluding carboxylic acids is 1. The summed E-state index contributed by atoms with van der Waals surface area (Å²) in [6.07, 6.45) is 0. The highest BCUT2D eigenvalue weighted by Crippen LogP contribution is 2.39. The van der Waals surface area contributed by atoms with E-state index in [1.54, 1.807) is 25.1 Å². The number of carbonyl (C=O) groups is 1. The van der Waals surface area contributed by atoms with Crippen LogP contribution in [0.3, 0.4) is 0 Å². The molecule has 0 bridgehead atoms. The third-order valence-corrected chi connectivity index (χ3v) is 6.65. The second-order valence-corrected chi connectivity index (χ2v) is 10.3. The van der Waals surface area contributed by atoms with Crippen molar-refractivity contribution in [2.45, 2.75) is 33.1 Å². The second kappa shape index (κ2) is 10.5. The lowest BCUT2D eigenvalue weighted by Gasteiger charge is -2.19. The van der Waals surface area contributed by atoms with Gasteiger partial charge >= 0.3 is 5.97 Å². The van der Waals surface area contributed by atoms with Crippen molar-refractivity contribution >= 4 is 57.6 Å². The Labute approximate surface area is 213 Å². The maximum atomic E-state index is 11.7. The number of thiophene rings is 1. The molecule has 0 aliphatic rings. The zero-order valence-corrected chi connectivity index (χ0v) is 21.9. The van der Waals surface area contributed by atoms with Crippen LogP contribution in [0.2, 0.25) is 5.02 Å². The smallest absolute Gasteiger partial charge is 0.339 e. The first-order valence-corrected chi connectivity index (χ1v) is 12.1. The van der Waals surface area contributed by atoms with Crippen LogP contribution in [0.25, 0.3) is 10.4 Å². The van der Waals surface area contributed by atoms with Crippen LogP contribution in [0.1, 0.15) is 49.2 Å². The fourth-order valence-corrected chi connectivity index (χ4v) is 4.59. The van der Waals surface area contributed by atoms with Gasteiger partial charge in [-0.2, -0.15) is 5.10 Å². The molecule has 0 unspecified atom stereocenters. The van der Waals surface area contributed by atoms with E-state index >= 15 is 0 Å². The van der Waals surface area contributed by atoms with Crippen LogP contribution in [-0.4, -0.2) is 29.0 Å². The minimum atomic E-state index is -0.516. The lowest BCUT2D eigenvalue weighted by atomic mass is 9.86. The van der Waals surface area contributed by atoms with E-state index in [1.165, 1.54) is 24.0 Å². The van der Waals surface area contributed by atoms with Crippen LogP contribution in [0.4, 0.5) is 5.69 Å². The number of benzene rings is 2. The van der Waals surface area contributed by atoms with E-state index in [1.807, 2.05) is 17.5 Å². The van der Waals surface area contributed by atoms with Gasteiger partial charge in [0.2, 0.25) is 0 Å². The Morgan fingerprint density at radius 3 is 2.41 bits per heavy atom. The molecule has 0 aliphatic carbocycles. The highest BCUT2D eigenvalue weighted by atomic mass is 35.5. The highest BCUT2D eigenvalue weighted by Gasteiger charge is 2.17. The Bertz CT molecular complexity index is 1250. The van der Waals surface area contributed by atoms with Crippen LogP contribution in [0.15, 0.2) is 52.9 Å². The Hall–Kier alpha value is -2.94. The van der Waals surface area contributed by atoms with Crippen molar-refractivity contribution in [1.82, 2.24) is 5.43 Å². The lowest BCUT2D eigenvalue weighted by molar-refractivity contribution is 0.0601. The van der Waals surface area contributed by atoms with Crippen LogP contribution in [0, 0.1) is 0 Å². The van der Waals surface area contributed by atoms with Gasteiger partial charge in [0.05, 0.1) is 33.8 Å². The molecule has 9 heteroatoms. The SMILES string of the molecule is COC(=O)c1ccc(NC(=S)N/N=C(/C)c2csc(-c3ccc(C(C)(C)C)cc3)c2O)cc1Cl. The largest absolute Gasteiger partial charge is 0.506 e. The van der Waals surface area contributed by atoms with Crippen molar-refractivity contribution in [2.75, 3.05) is 12.4 Å². The van der Waals surface area contributed by atoms with Gasteiger partial charge in [-0.15, -0.1) is 11.3 Å².